The topological polar surface area (TPSA) is 67.1 Å². The van der Waals surface area contributed by atoms with Crippen LogP contribution in [-0.4, -0.2) is 45.8 Å². The van der Waals surface area contributed by atoms with Gasteiger partial charge in [-0.05, 0) is 39.4 Å². The Morgan fingerprint density at radius 1 is 1.30 bits per heavy atom. The average Bonchev–Trinajstić information content (AvgIpc) is 2.40. The number of aromatic nitrogens is 2. The Labute approximate surface area is 126 Å². The molecule has 0 spiro atoms. The quantitative estimate of drug-likeness (QED) is 0.749. The van der Waals surface area contributed by atoms with Crippen molar-refractivity contribution in [3.05, 3.63) is 16.8 Å². The van der Waals surface area contributed by atoms with Crippen molar-refractivity contribution >= 4 is 23.0 Å². The second-order valence-corrected chi connectivity index (χ2v) is 5.47. The van der Waals surface area contributed by atoms with Crippen molar-refractivity contribution in [2.45, 2.75) is 40.7 Å². The number of thiocarbonyl (C=S) groups is 1. The zero-order chi connectivity index (χ0) is 15.3. The summed E-state index contributed by atoms with van der Waals surface area (Å²) in [5, 5.41) is 11.7. The fourth-order valence-corrected chi connectivity index (χ4v) is 2.41. The molecule has 0 aliphatic heterocycles. The van der Waals surface area contributed by atoms with Gasteiger partial charge in [0.15, 0.2) is 5.82 Å². The minimum atomic E-state index is 0.249. The lowest BCUT2D eigenvalue weighted by Gasteiger charge is -2.24. The van der Waals surface area contributed by atoms with Crippen LogP contribution in [-0.2, 0) is 0 Å². The van der Waals surface area contributed by atoms with Crippen LogP contribution in [0.2, 0.25) is 0 Å². The Hall–Kier alpha value is -1.27. The molecule has 3 N–H and O–H groups in total. The van der Waals surface area contributed by atoms with Gasteiger partial charge in [0.05, 0.1) is 11.3 Å². The van der Waals surface area contributed by atoms with Crippen molar-refractivity contribution < 1.29 is 0 Å². The molecule has 1 aromatic rings. The van der Waals surface area contributed by atoms with Crippen LogP contribution in [0.5, 0.6) is 0 Å². The first-order valence-corrected chi connectivity index (χ1v) is 7.44. The zero-order valence-electron chi connectivity index (χ0n) is 13.0. The highest BCUT2D eigenvalue weighted by Gasteiger charge is 2.16. The maximum absolute atomic E-state index is 5.83. The summed E-state index contributed by atoms with van der Waals surface area (Å²) >= 11 is 5.14. The molecule has 1 atom stereocenters. The van der Waals surface area contributed by atoms with Crippen LogP contribution in [0.1, 0.15) is 37.6 Å². The van der Waals surface area contributed by atoms with Gasteiger partial charge >= 0.3 is 0 Å². The van der Waals surface area contributed by atoms with Gasteiger partial charge in [-0.3, -0.25) is 0 Å². The van der Waals surface area contributed by atoms with Crippen LogP contribution in [0.3, 0.4) is 0 Å². The fourth-order valence-electron chi connectivity index (χ4n) is 2.16. The summed E-state index contributed by atoms with van der Waals surface area (Å²) in [6, 6.07) is 0.249. The van der Waals surface area contributed by atoms with E-state index in [9.17, 15) is 0 Å². The first-order chi connectivity index (χ1) is 9.40. The second-order valence-electron chi connectivity index (χ2n) is 5.03. The molecule has 0 fully saturated rings. The standard InChI is InChI=1S/C14H25N5S/c1-6-19(7-2)8-9(3)16-14-12(13(15)20)10(4)11(5)17-18-14/h9H,6-8H2,1-5H3,(H2,15,20)(H,16,18). The maximum atomic E-state index is 5.83. The third-order valence-corrected chi connectivity index (χ3v) is 3.71. The molecule has 20 heavy (non-hydrogen) atoms. The van der Waals surface area contributed by atoms with Crippen LogP contribution in [0.15, 0.2) is 0 Å². The van der Waals surface area contributed by atoms with Crippen LogP contribution >= 0.6 is 12.2 Å². The third-order valence-electron chi connectivity index (χ3n) is 3.51. The van der Waals surface area contributed by atoms with Gasteiger partial charge in [-0.2, -0.15) is 5.10 Å². The molecule has 0 aromatic carbocycles. The van der Waals surface area contributed by atoms with Gasteiger partial charge in [-0.25, -0.2) is 0 Å². The molecule has 1 unspecified atom stereocenters. The Bertz CT molecular complexity index is 471. The van der Waals surface area contributed by atoms with Crippen molar-refractivity contribution in [2.75, 3.05) is 25.0 Å². The third kappa shape index (κ3) is 4.11. The van der Waals surface area contributed by atoms with E-state index < -0.39 is 0 Å². The molecule has 1 heterocycles. The van der Waals surface area contributed by atoms with Crippen molar-refractivity contribution in [1.82, 2.24) is 15.1 Å². The van der Waals surface area contributed by atoms with E-state index >= 15 is 0 Å². The minimum absolute atomic E-state index is 0.249. The van der Waals surface area contributed by atoms with Crippen LogP contribution in [0.25, 0.3) is 0 Å². The summed E-state index contributed by atoms with van der Waals surface area (Å²) in [6.45, 7) is 13.3. The first-order valence-electron chi connectivity index (χ1n) is 7.03. The summed E-state index contributed by atoms with van der Waals surface area (Å²) in [6.07, 6.45) is 0. The zero-order valence-corrected chi connectivity index (χ0v) is 13.8. The molecule has 0 saturated carbocycles. The van der Waals surface area contributed by atoms with Crippen LogP contribution in [0, 0.1) is 13.8 Å². The van der Waals surface area contributed by atoms with Crippen molar-refractivity contribution in [3.8, 4) is 0 Å². The van der Waals surface area contributed by atoms with Crippen LogP contribution < -0.4 is 11.1 Å². The second kappa shape index (κ2) is 7.50. The molecule has 0 amide bonds. The molecule has 5 nitrogen and oxygen atoms in total. The summed E-state index contributed by atoms with van der Waals surface area (Å²) in [5.41, 5.74) is 8.48. The molecule has 112 valence electrons. The van der Waals surface area contributed by atoms with Gasteiger partial charge in [0.25, 0.3) is 0 Å². The summed E-state index contributed by atoms with van der Waals surface area (Å²) in [5.74, 6) is 0.681. The monoisotopic (exact) mass is 295 g/mol. The van der Waals surface area contributed by atoms with Gasteiger partial charge in [0, 0.05) is 12.6 Å². The van der Waals surface area contributed by atoms with Gasteiger partial charge in [0.2, 0.25) is 0 Å². The van der Waals surface area contributed by atoms with E-state index in [0.29, 0.717) is 10.8 Å². The highest BCUT2D eigenvalue weighted by molar-refractivity contribution is 7.80. The molecule has 0 bridgehead atoms. The molecular weight excluding hydrogens is 270 g/mol. The lowest BCUT2D eigenvalue weighted by Crippen LogP contribution is -2.35. The molecule has 0 aliphatic rings. The summed E-state index contributed by atoms with van der Waals surface area (Å²) in [7, 11) is 0. The number of rotatable bonds is 7. The Morgan fingerprint density at radius 2 is 1.90 bits per heavy atom. The lowest BCUT2D eigenvalue weighted by molar-refractivity contribution is 0.294. The average molecular weight is 295 g/mol. The highest BCUT2D eigenvalue weighted by Crippen LogP contribution is 2.19. The molecule has 0 saturated heterocycles. The van der Waals surface area contributed by atoms with Crippen molar-refractivity contribution in [1.29, 1.82) is 0 Å². The highest BCUT2D eigenvalue weighted by atomic mass is 32.1. The Morgan fingerprint density at radius 3 is 2.40 bits per heavy atom. The first kappa shape index (κ1) is 16.8. The van der Waals surface area contributed by atoms with Gasteiger partial charge < -0.3 is 16.0 Å². The Kier molecular flexibility index (Phi) is 6.29. The van der Waals surface area contributed by atoms with Gasteiger partial charge in [-0.15, -0.1) is 5.10 Å². The van der Waals surface area contributed by atoms with E-state index in [1.165, 1.54) is 0 Å². The number of anilines is 1. The van der Waals surface area contributed by atoms with E-state index in [1.54, 1.807) is 0 Å². The Balaban J connectivity index is 2.92. The van der Waals surface area contributed by atoms with Crippen molar-refractivity contribution in [3.63, 3.8) is 0 Å². The number of aryl methyl sites for hydroxylation is 1. The molecule has 0 radical (unpaired) electrons. The van der Waals surface area contributed by atoms with E-state index in [1.807, 2.05) is 13.8 Å². The van der Waals surface area contributed by atoms with E-state index in [-0.39, 0.29) is 6.04 Å². The number of hydrogen-bond donors (Lipinski definition) is 2. The number of likely N-dealkylation sites (N-methyl/N-ethyl adjacent to an activating group) is 1. The summed E-state index contributed by atoms with van der Waals surface area (Å²) < 4.78 is 0. The van der Waals surface area contributed by atoms with E-state index in [4.69, 9.17) is 18.0 Å². The van der Waals surface area contributed by atoms with E-state index in [2.05, 4.69) is 41.2 Å². The fraction of sp³-hybridized carbons (Fsp3) is 0.643. The predicted octanol–water partition coefficient (Wildman–Crippen LogP) is 1.87. The smallest absolute Gasteiger partial charge is 0.159 e. The van der Waals surface area contributed by atoms with E-state index in [0.717, 1.165) is 36.5 Å². The normalized spacial score (nSPS) is 12.5. The number of hydrogen-bond acceptors (Lipinski definition) is 5. The molecule has 6 heteroatoms. The number of nitrogens with zero attached hydrogens (tertiary/aromatic N) is 3. The molecular formula is C14H25N5S. The number of nitrogens with two attached hydrogens (primary N) is 1. The largest absolute Gasteiger partial charge is 0.389 e. The molecule has 0 aliphatic carbocycles. The SMILES string of the molecule is CCN(CC)CC(C)Nc1nnc(C)c(C)c1C(N)=S. The minimum Gasteiger partial charge on any atom is -0.389 e. The lowest BCUT2D eigenvalue weighted by atomic mass is 10.1. The van der Waals surface area contributed by atoms with Crippen molar-refractivity contribution in [2.24, 2.45) is 5.73 Å². The molecule has 1 aromatic heterocycles. The van der Waals surface area contributed by atoms with Gasteiger partial charge in [-0.1, -0.05) is 26.1 Å². The van der Waals surface area contributed by atoms with Crippen LogP contribution in [0.4, 0.5) is 5.82 Å². The maximum Gasteiger partial charge on any atom is 0.159 e. The number of nitrogens with one attached hydrogen (secondary N) is 1. The molecule has 1 rings (SSSR count). The predicted molar refractivity (Wildman–Crippen MR) is 88.3 cm³/mol. The summed E-state index contributed by atoms with van der Waals surface area (Å²) in [4.78, 5) is 2.71. The van der Waals surface area contributed by atoms with Gasteiger partial charge in [0.1, 0.15) is 4.99 Å².